The predicted octanol–water partition coefficient (Wildman–Crippen LogP) is 12.0. The number of ether oxygens (including phenoxy) is 6. The Bertz CT molecular complexity index is 2960. The molecule has 37 heteroatoms. The molecule has 652 valence electrons. The Kier molecular flexibility index (Phi) is 62.2. The Labute approximate surface area is 664 Å². The lowest BCUT2D eigenvalue weighted by molar-refractivity contribution is -0.141. The van der Waals surface area contributed by atoms with Crippen LogP contribution in [0.3, 0.4) is 0 Å². The number of carbonyl (C=O) groups is 9. The summed E-state index contributed by atoms with van der Waals surface area (Å²) in [6, 6.07) is 7.90. The number of hydrazine groups is 2. The number of likely N-dealkylation sites (N-methyl/N-ethyl adjacent to an activating group) is 1. The summed E-state index contributed by atoms with van der Waals surface area (Å²) >= 11 is 0. The Balaban J connectivity index is -0.000000261. The molecule has 0 aromatic heterocycles. The van der Waals surface area contributed by atoms with Gasteiger partial charge in [0.1, 0.15) is 51.5 Å². The molecule has 1 aromatic carbocycles. The van der Waals surface area contributed by atoms with Crippen LogP contribution in [0.5, 0.6) is 0 Å². The minimum atomic E-state index is -3.58. The maximum Gasteiger partial charge on any atom is 0.435 e. The van der Waals surface area contributed by atoms with E-state index in [9.17, 15) is 57.4 Å². The quantitative estimate of drug-likeness (QED) is 0.00927. The van der Waals surface area contributed by atoms with E-state index in [1.54, 1.807) is 125 Å². The van der Waals surface area contributed by atoms with Gasteiger partial charge in [-0.15, -0.1) is 5.53 Å². The van der Waals surface area contributed by atoms with Crippen LogP contribution in [0.25, 0.3) is 0 Å². The topological polar surface area (TPSA) is 507 Å². The number of hydrogen-bond donors (Lipinski definition) is 11. The number of esters is 1. The van der Waals surface area contributed by atoms with E-state index in [-0.39, 0.29) is 63.4 Å². The average Bonchev–Trinajstić information content (AvgIpc) is 1.46. The van der Waals surface area contributed by atoms with Gasteiger partial charge in [-0.25, -0.2) is 33.6 Å². The number of anilines is 2. The number of ketones is 2. The first kappa shape index (κ1) is 117. The fourth-order valence-electron chi connectivity index (χ4n) is 8.96. The third-order valence-corrected chi connectivity index (χ3v) is 17.0. The molecule has 0 saturated heterocycles. The lowest BCUT2D eigenvalue weighted by atomic mass is 10.00. The Morgan fingerprint density at radius 1 is 0.613 bits per heavy atom. The molecule has 111 heavy (non-hydrogen) atoms. The van der Waals surface area contributed by atoms with Gasteiger partial charge in [-0.05, 0) is 245 Å². The highest BCUT2D eigenvalue weighted by Gasteiger charge is 2.39. The number of amides is 5. The monoisotopic (exact) mass is 1630 g/mol. The van der Waals surface area contributed by atoms with Gasteiger partial charge < -0.3 is 96.2 Å². The first-order valence-electron chi connectivity index (χ1n) is 36.6. The number of nitrogens with zero attached hydrogens (tertiary/aromatic N) is 4. The summed E-state index contributed by atoms with van der Waals surface area (Å²) in [5, 5.41) is 19.0. The van der Waals surface area contributed by atoms with Crippen molar-refractivity contribution >= 4 is 91.8 Å². The van der Waals surface area contributed by atoms with Crippen LogP contribution in [0.1, 0.15) is 232 Å². The van der Waals surface area contributed by atoms with Crippen molar-refractivity contribution in [2.24, 2.45) is 27.2 Å². The summed E-state index contributed by atoms with van der Waals surface area (Å²) in [6.07, 6.45) is -2.57. The molecule has 2 rings (SSSR count). The zero-order valence-corrected chi connectivity index (χ0v) is 74.0. The van der Waals surface area contributed by atoms with Gasteiger partial charge in [0.05, 0.1) is 50.5 Å². The molecule has 0 saturated carbocycles. The molecule has 1 heterocycles. The van der Waals surface area contributed by atoms with Gasteiger partial charge in [-0.2, -0.15) is 4.99 Å². The first-order valence-corrected chi connectivity index (χ1v) is 40.9. The van der Waals surface area contributed by atoms with Crippen LogP contribution >= 0.6 is 14.7 Å². The molecule has 1 aliphatic heterocycles. The van der Waals surface area contributed by atoms with E-state index in [0.29, 0.717) is 49.8 Å². The van der Waals surface area contributed by atoms with Crippen molar-refractivity contribution in [3.63, 3.8) is 0 Å². The molecule has 4 atom stereocenters. The number of para-hydroxylation sites is 2. The number of amidine groups is 2. The maximum atomic E-state index is 13.2. The van der Waals surface area contributed by atoms with Crippen molar-refractivity contribution < 1.29 is 100 Å². The summed E-state index contributed by atoms with van der Waals surface area (Å²) in [6.45, 7) is 53.1. The standard InChI is InChI=1S/C28H50N3O9P.C17H31N3O6.C9H21N.C7H16NO5P.C6H7N3.C4H12N2.C2H7N.CH4.H2O/c1-18(32)21(41(11,12)37)17-20(33)19(29-23(34)38-26(2,3)4)15-13-14-16-22(30-24(35)39-27(5,6)7)31-25(36)40-28(8,9)10;1-11(19-14(23)25-16(2,3)4)18-10-8-9-12(13(21)22)20-15(24)26-17(5,6)7;1-7(2)10(8(3)4)9(5)6;1-4-12-14(10,13-5-2)6(8)7(9)11-3;1-2-4-6-5(3-1)7-9-8-6;1-6(2)4-3-5;1-2-3;;/h19,21H,13-17H2,1-12H3,(H,29,34)(H,30,31,35,36);12H,8-10H2,1-7H3,(H,20,24)(H,21,22)(H,18,19,23);7-9H,1-6H3;6H,4-5,8H2,1-3H3;1-4,7-9H;3-5H2,1-2H3;2-3H2,1H3;1H4;1H2. The highest BCUT2D eigenvalue weighted by Crippen LogP contribution is 2.51. The number of hydrogen-bond acceptors (Lipinski definition) is 28. The zero-order chi connectivity index (χ0) is 86.2. The molecule has 35 nitrogen and oxygen atoms in total. The first-order chi connectivity index (χ1) is 49.6. The van der Waals surface area contributed by atoms with Crippen LogP contribution < -0.4 is 54.9 Å². The maximum absolute atomic E-state index is 13.2. The number of aliphatic imine (C=N–C) groups is 2. The Morgan fingerprint density at radius 2 is 1.00 bits per heavy atom. The van der Waals surface area contributed by atoms with Crippen LogP contribution in [0, 0.1) is 0 Å². The molecule has 0 radical (unpaired) electrons. The van der Waals surface area contributed by atoms with Gasteiger partial charge in [0.2, 0.25) is 5.78 Å². The van der Waals surface area contributed by atoms with Gasteiger partial charge in [-0.3, -0.25) is 34.7 Å². The Morgan fingerprint density at radius 3 is 1.32 bits per heavy atom. The van der Waals surface area contributed by atoms with Gasteiger partial charge >= 0.3 is 50.0 Å². The van der Waals surface area contributed by atoms with Crippen LogP contribution in [0.15, 0.2) is 34.3 Å². The number of Topliss-reactive ketones (excluding diaryl/α,β-unsaturated/α-hetero) is 2. The van der Waals surface area contributed by atoms with Gasteiger partial charge in [0, 0.05) is 50.6 Å². The van der Waals surface area contributed by atoms with Crippen LogP contribution in [0.2, 0.25) is 0 Å². The van der Waals surface area contributed by atoms with Gasteiger partial charge in [0.25, 0.3) is 0 Å². The normalized spacial score (nSPS) is 13.2. The highest BCUT2D eigenvalue weighted by atomic mass is 31.2. The van der Waals surface area contributed by atoms with E-state index >= 15 is 0 Å². The van der Waals surface area contributed by atoms with Crippen LogP contribution in [0.4, 0.5) is 35.3 Å². The second-order valence-corrected chi connectivity index (χ2v) is 36.8. The number of aliphatic carboxylic acids is 1. The van der Waals surface area contributed by atoms with Gasteiger partial charge in [-0.1, -0.05) is 32.9 Å². The van der Waals surface area contributed by atoms with Crippen molar-refractivity contribution in [1.29, 1.82) is 0 Å². The molecule has 5 amide bonds. The number of nitrogens with two attached hydrogens (primary N) is 3. The van der Waals surface area contributed by atoms with Crippen molar-refractivity contribution in [2.45, 2.75) is 302 Å². The third-order valence-electron chi connectivity index (χ3n) is 12.9. The lowest BCUT2D eigenvalue weighted by Gasteiger charge is -2.34. The molecule has 4 unspecified atom stereocenters. The molecule has 0 spiro atoms. The number of unbranched alkanes of at least 4 members (excludes halogenated alkanes) is 1. The van der Waals surface area contributed by atoms with E-state index in [0.717, 1.165) is 38.1 Å². The SMILES string of the molecule is C.CC(=NCCCC(NC(=O)OC(C)(C)C)C(=O)O)NC(=O)OC(C)(C)C.CC(=O)C(CC(=O)C(CCCCC(=NC(=O)OC(C)(C)C)NC(=O)OC(C)(C)C)NC(=O)OC(C)(C)C)P(C)(C)=O.CC(C)N(C(C)C)C(C)C.CCN.CCOP(=O)(OCC)C(N)C(=O)OC.CN(C)CCN.O.c1ccc2c(c1)NNN2. The number of carbonyl (C=O) groups excluding carboxylic acids is 8. The molecule has 0 bridgehead atoms. The van der Waals surface area contributed by atoms with Crippen molar-refractivity contribution in [1.82, 2.24) is 36.6 Å². The molecule has 1 aromatic rings. The van der Waals surface area contributed by atoms with E-state index in [2.05, 4.69) is 104 Å². The number of alkyl carbamates (subject to hydrolysis) is 4. The van der Waals surface area contributed by atoms with E-state index in [1.807, 2.05) is 45.3 Å². The molecule has 0 aliphatic carbocycles. The summed E-state index contributed by atoms with van der Waals surface area (Å²) in [4.78, 5) is 120. The van der Waals surface area contributed by atoms with Crippen molar-refractivity contribution in [3.05, 3.63) is 24.3 Å². The van der Waals surface area contributed by atoms with Crippen molar-refractivity contribution in [3.8, 4) is 0 Å². The smallest absolute Gasteiger partial charge is 0.435 e. The zero-order valence-electron chi connectivity index (χ0n) is 72.2. The highest BCUT2D eigenvalue weighted by molar-refractivity contribution is 7.64. The Hall–Kier alpha value is -6.91. The van der Waals surface area contributed by atoms with E-state index in [1.165, 1.54) is 20.3 Å². The second kappa shape index (κ2) is 58.9. The third kappa shape index (κ3) is 66.3. The fourth-order valence-corrected chi connectivity index (χ4v) is 11.9. The number of carboxylic acid groups (broad SMARTS) is 1. The minimum Gasteiger partial charge on any atom is -0.480 e. The summed E-state index contributed by atoms with van der Waals surface area (Å²) in [7, 11) is -1.33. The number of methoxy groups -OCH3 is 1. The molecule has 16 N–H and O–H groups in total. The predicted molar refractivity (Wildman–Crippen MR) is 443 cm³/mol. The largest absolute Gasteiger partial charge is 0.480 e. The number of fused-ring (bicyclic) bond motifs is 1. The van der Waals surface area contributed by atoms with Crippen molar-refractivity contribution in [2.75, 3.05) is 84.8 Å². The average molecular weight is 1630 g/mol. The molecular formula is C74H150N14O21P2. The molecular weight excluding hydrogens is 1480 g/mol. The summed E-state index contributed by atoms with van der Waals surface area (Å²) in [5.74, 6) is -3.77. The summed E-state index contributed by atoms with van der Waals surface area (Å²) < 4.78 is 64.5. The minimum absolute atomic E-state index is 0. The lowest BCUT2D eigenvalue weighted by Crippen LogP contribution is -2.44. The van der Waals surface area contributed by atoms with Gasteiger partial charge in [0.15, 0.2) is 5.78 Å². The summed E-state index contributed by atoms with van der Waals surface area (Å²) in [5.41, 5.74) is 21.6. The van der Waals surface area contributed by atoms with E-state index in [4.69, 9.17) is 49.9 Å². The fraction of sp³-hybridized carbons (Fsp3) is 0.770. The molecule has 1 aliphatic rings. The number of nitrogens with one attached hydrogen (secondary N) is 7. The second-order valence-electron chi connectivity index (χ2n) is 31.1. The number of rotatable bonds is 28. The number of carboxylic acids is 1. The molecule has 0 fully saturated rings. The number of benzene rings is 1. The van der Waals surface area contributed by atoms with Crippen LogP contribution in [-0.2, 0) is 65.8 Å². The van der Waals surface area contributed by atoms with E-state index < -0.39 is 114 Å². The van der Waals surface area contributed by atoms with Crippen LogP contribution in [-0.4, -0.2) is 230 Å².